The van der Waals surface area contributed by atoms with Crippen LogP contribution in [0.5, 0.6) is 17.2 Å². The van der Waals surface area contributed by atoms with Gasteiger partial charge in [-0.05, 0) is 48.6 Å². The Labute approximate surface area is 195 Å². The maximum absolute atomic E-state index is 13.5. The number of hydrogen-bond acceptors (Lipinski definition) is 6. The van der Waals surface area contributed by atoms with Crippen LogP contribution in [0.4, 0.5) is 5.69 Å². The third-order valence-electron chi connectivity index (χ3n) is 5.89. The van der Waals surface area contributed by atoms with Gasteiger partial charge in [-0.2, -0.15) is 4.31 Å². The zero-order valence-electron chi connectivity index (χ0n) is 19.8. The first-order chi connectivity index (χ1) is 15.7. The Hall–Kier alpha value is -2.78. The Morgan fingerprint density at radius 2 is 1.73 bits per heavy atom. The summed E-state index contributed by atoms with van der Waals surface area (Å²) in [5, 5.41) is 2.87. The molecule has 33 heavy (non-hydrogen) atoms. The smallest absolute Gasteiger partial charge is 0.246 e. The highest BCUT2D eigenvalue weighted by molar-refractivity contribution is 7.89. The molecule has 3 rings (SSSR count). The molecule has 0 radical (unpaired) electrons. The van der Waals surface area contributed by atoms with Crippen molar-refractivity contribution in [2.24, 2.45) is 5.92 Å². The molecule has 0 saturated carbocycles. The number of carbonyl (C=O) groups is 1. The van der Waals surface area contributed by atoms with Crippen LogP contribution in [0, 0.1) is 5.92 Å². The van der Waals surface area contributed by atoms with Crippen molar-refractivity contribution in [3.8, 4) is 17.2 Å². The van der Waals surface area contributed by atoms with Gasteiger partial charge in [-0.3, -0.25) is 4.79 Å². The SMILES string of the molecule is COc1ccc(OC)c(NC(=O)[C@H]2CCCN(S(=O)(=O)c3cc(C(C)C)ccc3OC)C2)c1. The van der Waals surface area contributed by atoms with E-state index in [0.717, 1.165) is 5.56 Å². The van der Waals surface area contributed by atoms with Crippen molar-refractivity contribution in [2.75, 3.05) is 39.7 Å². The number of nitrogens with one attached hydrogen (secondary N) is 1. The minimum absolute atomic E-state index is 0.0928. The van der Waals surface area contributed by atoms with E-state index in [0.29, 0.717) is 42.3 Å². The molecule has 1 amide bonds. The number of nitrogens with zero attached hydrogens (tertiary/aromatic N) is 1. The number of benzene rings is 2. The highest BCUT2D eigenvalue weighted by atomic mass is 32.2. The van der Waals surface area contributed by atoms with E-state index in [1.807, 2.05) is 19.9 Å². The molecule has 0 aromatic heterocycles. The summed E-state index contributed by atoms with van der Waals surface area (Å²) in [6, 6.07) is 10.4. The van der Waals surface area contributed by atoms with Crippen molar-refractivity contribution in [1.82, 2.24) is 4.31 Å². The van der Waals surface area contributed by atoms with Crippen molar-refractivity contribution < 1.29 is 27.4 Å². The van der Waals surface area contributed by atoms with E-state index in [-0.39, 0.29) is 23.3 Å². The number of carbonyl (C=O) groups excluding carboxylic acids is 1. The minimum Gasteiger partial charge on any atom is -0.497 e. The predicted molar refractivity (Wildman–Crippen MR) is 127 cm³/mol. The molecular weight excluding hydrogens is 444 g/mol. The first-order valence-electron chi connectivity index (χ1n) is 10.9. The summed E-state index contributed by atoms with van der Waals surface area (Å²) in [7, 11) is 0.676. The molecule has 1 saturated heterocycles. The molecule has 180 valence electrons. The Kier molecular flexibility index (Phi) is 7.86. The normalized spacial score (nSPS) is 17.0. The molecule has 1 aliphatic rings. The number of anilines is 1. The number of methoxy groups -OCH3 is 3. The second-order valence-corrected chi connectivity index (χ2v) is 10.2. The molecule has 2 aromatic rings. The van der Waals surface area contributed by atoms with Crippen LogP contribution in [-0.4, -0.2) is 53.0 Å². The van der Waals surface area contributed by atoms with Gasteiger partial charge in [-0.25, -0.2) is 8.42 Å². The molecule has 1 heterocycles. The van der Waals surface area contributed by atoms with Crippen LogP contribution >= 0.6 is 0 Å². The third-order valence-corrected chi connectivity index (χ3v) is 7.78. The van der Waals surface area contributed by atoms with E-state index >= 15 is 0 Å². The van der Waals surface area contributed by atoms with Crippen LogP contribution in [0.3, 0.4) is 0 Å². The molecule has 0 bridgehead atoms. The fourth-order valence-electron chi connectivity index (χ4n) is 3.91. The summed E-state index contributed by atoms with van der Waals surface area (Å²) in [5.41, 5.74) is 1.39. The lowest BCUT2D eigenvalue weighted by Gasteiger charge is -2.31. The van der Waals surface area contributed by atoms with Crippen LogP contribution in [0.25, 0.3) is 0 Å². The van der Waals surface area contributed by atoms with Crippen LogP contribution in [0.15, 0.2) is 41.3 Å². The largest absolute Gasteiger partial charge is 0.497 e. The molecular formula is C24H32N2O6S. The molecule has 2 aromatic carbocycles. The quantitative estimate of drug-likeness (QED) is 0.622. The summed E-state index contributed by atoms with van der Waals surface area (Å²) >= 11 is 0. The molecule has 0 unspecified atom stereocenters. The van der Waals surface area contributed by atoms with Gasteiger partial charge < -0.3 is 19.5 Å². The second kappa shape index (κ2) is 10.4. The topological polar surface area (TPSA) is 94.2 Å². The maximum atomic E-state index is 13.5. The van der Waals surface area contributed by atoms with Gasteiger partial charge in [0.05, 0.1) is 32.9 Å². The first-order valence-corrected chi connectivity index (χ1v) is 12.4. The van der Waals surface area contributed by atoms with E-state index in [1.54, 1.807) is 37.4 Å². The highest BCUT2D eigenvalue weighted by Gasteiger charge is 2.35. The Bertz CT molecular complexity index is 1100. The summed E-state index contributed by atoms with van der Waals surface area (Å²) in [5.74, 6) is 0.790. The second-order valence-electron chi connectivity index (χ2n) is 8.32. The summed E-state index contributed by atoms with van der Waals surface area (Å²) in [4.78, 5) is 13.2. The average Bonchev–Trinajstić information content (AvgIpc) is 2.83. The van der Waals surface area contributed by atoms with E-state index in [2.05, 4.69) is 5.32 Å². The number of piperidine rings is 1. The van der Waals surface area contributed by atoms with Crippen LogP contribution in [-0.2, 0) is 14.8 Å². The third kappa shape index (κ3) is 5.42. The van der Waals surface area contributed by atoms with Gasteiger partial charge in [0.15, 0.2) is 0 Å². The van der Waals surface area contributed by atoms with Gasteiger partial charge in [-0.15, -0.1) is 0 Å². The van der Waals surface area contributed by atoms with Crippen LogP contribution < -0.4 is 19.5 Å². The predicted octanol–water partition coefficient (Wildman–Crippen LogP) is 3.88. The Morgan fingerprint density at radius 3 is 2.36 bits per heavy atom. The monoisotopic (exact) mass is 476 g/mol. The van der Waals surface area contributed by atoms with Crippen molar-refractivity contribution in [1.29, 1.82) is 0 Å². The lowest BCUT2D eigenvalue weighted by Crippen LogP contribution is -2.43. The van der Waals surface area contributed by atoms with Crippen LogP contribution in [0.2, 0.25) is 0 Å². The molecule has 1 aliphatic heterocycles. The van der Waals surface area contributed by atoms with Gasteiger partial charge in [-0.1, -0.05) is 19.9 Å². The van der Waals surface area contributed by atoms with Crippen molar-refractivity contribution in [3.05, 3.63) is 42.0 Å². The number of hydrogen-bond donors (Lipinski definition) is 1. The molecule has 9 heteroatoms. The van der Waals surface area contributed by atoms with Gasteiger partial charge >= 0.3 is 0 Å². The first kappa shape index (κ1) is 24.9. The zero-order valence-corrected chi connectivity index (χ0v) is 20.6. The zero-order chi connectivity index (χ0) is 24.2. The Balaban J connectivity index is 1.83. The number of ether oxygens (including phenoxy) is 3. The Morgan fingerprint density at radius 1 is 1.03 bits per heavy atom. The lowest BCUT2D eigenvalue weighted by atomic mass is 9.98. The van der Waals surface area contributed by atoms with Crippen molar-refractivity contribution >= 4 is 21.6 Å². The number of sulfonamides is 1. The number of amides is 1. The van der Waals surface area contributed by atoms with Crippen molar-refractivity contribution in [2.45, 2.75) is 37.5 Å². The van der Waals surface area contributed by atoms with Gasteiger partial charge in [0.1, 0.15) is 22.1 Å². The molecule has 0 aliphatic carbocycles. The molecule has 0 spiro atoms. The summed E-state index contributed by atoms with van der Waals surface area (Å²) in [6.45, 7) is 4.46. The minimum atomic E-state index is -3.84. The van der Waals surface area contributed by atoms with E-state index in [1.165, 1.54) is 18.5 Å². The average molecular weight is 477 g/mol. The molecule has 1 N–H and O–H groups in total. The van der Waals surface area contributed by atoms with E-state index in [9.17, 15) is 13.2 Å². The molecule has 1 fully saturated rings. The van der Waals surface area contributed by atoms with Gasteiger partial charge in [0, 0.05) is 19.2 Å². The standard InChI is InChI=1S/C24H32N2O6S/c1-16(2)17-8-10-22(32-5)23(13-17)33(28,29)26-12-6-7-18(15-26)24(27)25-20-14-19(30-3)9-11-21(20)31-4/h8-11,13-14,16,18H,6-7,12,15H2,1-5H3,(H,25,27)/t18-/m0/s1. The highest BCUT2D eigenvalue weighted by Crippen LogP contribution is 2.34. The number of rotatable bonds is 8. The molecule has 8 nitrogen and oxygen atoms in total. The van der Waals surface area contributed by atoms with E-state index < -0.39 is 15.9 Å². The maximum Gasteiger partial charge on any atom is 0.246 e. The summed E-state index contributed by atoms with van der Waals surface area (Å²) in [6.07, 6.45) is 1.17. The fourth-order valence-corrected chi connectivity index (χ4v) is 5.63. The van der Waals surface area contributed by atoms with Gasteiger partial charge in [0.25, 0.3) is 0 Å². The summed E-state index contributed by atoms with van der Waals surface area (Å²) < 4.78 is 44.4. The van der Waals surface area contributed by atoms with Crippen molar-refractivity contribution in [3.63, 3.8) is 0 Å². The van der Waals surface area contributed by atoms with Gasteiger partial charge in [0.2, 0.25) is 15.9 Å². The lowest BCUT2D eigenvalue weighted by molar-refractivity contribution is -0.120. The fraction of sp³-hybridized carbons (Fsp3) is 0.458. The molecule has 1 atom stereocenters. The van der Waals surface area contributed by atoms with Crippen LogP contribution in [0.1, 0.15) is 38.2 Å². The van der Waals surface area contributed by atoms with E-state index in [4.69, 9.17) is 14.2 Å².